The molecule has 4 heteroatoms. The Hall–Kier alpha value is -1.39. The molecule has 1 amide bonds. The van der Waals surface area contributed by atoms with Crippen LogP contribution in [0.2, 0.25) is 0 Å². The molecule has 0 aromatic heterocycles. The average molecular weight is 262 g/mol. The van der Waals surface area contributed by atoms with Gasteiger partial charge in [-0.15, -0.1) is 0 Å². The van der Waals surface area contributed by atoms with Crippen molar-refractivity contribution in [3.63, 3.8) is 0 Å². The van der Waals surface area contributed by atoms with Crippen molar-refractivity contribution in [2.45, 2.75) is 20.3 Å². The van der Waals surface area contributed by atoms with Gasteiger partial charge in [0.05, 0.1) is 19.8 Å². The number of hydrogen-bond acceptors (Lipinski definition) is 3. The topological polar surface area (TPSA) is 41.6 Å². The first-order valence-electron chi connectivity index (χ1n) is 6.88. The average Bonchev–Trinajstić information content (AvgIpc) is 2.42. The predicted molar refractivity (Wildman–Crippen MR) is 76.4 cm³/mol. The Balaban J connectivity index is 1.94. The molecule has 0 radical (unpaired) electrons. The van der Waals surface area contributed by atoms with Crippen molar-refractivity contribution >= 4 is 11.6 Å². The first-order chi connectivity index (χ1) is 9.19. The smallest absolute Gasteiger partial charge is 0.238 e. The minimum absolute atomic E-state index is 0.0539. The highest BCUT2D eigenvalue weighted by molar-refractivity contribution is 5.93. The molecular weight excluding hydrogens is 240 g/mol. The molecular formula is C15H22N2O2. The summed E-state index contributed by atoms with van der Waals surface area (Å²) in [6.07, 6.45) is 0.979. The molecule has 0 atom stereocenters. The quantitative estimate of drug-likeness (QED) is 0.900. The monoisotopic (exact) mass is 262 g/mol. The van der Waals surface area contributed by atoms with E-state index in [1.807, 2.05) is 6.92 Å². The number of amides is 1. The van der Waals surface area contributed by atoms with Gasteiger partial charge >= 0.3 is 0 Å². The molecule has 19 heavy (non-hydrogen) atoms. The summed E-state index contributed by atoms with van der Waals surface area (Å²) in [5.74, 6) is 0.0539. The van der Waals surface area contributed by atoms with Gasteiger partial charge in [0.1, 0.15) is 0 Å². The van der Waals surface area contributed by atoms with Crippen LogP contribution in [0, 0.1) is 6.92 Å². The van der Waals surface area contributed by atoms with E-state index in [4.69, 9.17) is 4.74 Å². The van der Waals surface area contributed by atoms with Gasteiger partial charge in [-0.2, -0.15) is 0 Å². The molecule has 1 saturated heterocycles. The van der Waals surface area contributed by atoms with Crippen LogP contribution in [-0.4, -0.2) is 43.7 Å². The molecule has 0 aliphatic carbocycles. The van der Waals surface area contributed by atoms with Gasteiger partial charge in [0, 0.05) is 18.8 Å². The van der Waals surface area contributed by atoms with Crippen LogP contribution in [0.1, 0.15) is 18.1 Å². The zero-order valence-corrected chi connectivity index (χ0v) is 11.7. The van der Waals surface area contributed by atoms with E-state index in [9.17, 15) is 4.79 Å². The third-order valence-electron chi connectivity index (χ3n) is 3.46. The fourth-order valence-corrected chi connectivity index (χ4v) is 2.18. The van der Waals surface area contributed by atoms with Gasteiger partial charge in [-0.1, -0.05) is 19.1 Å². The maximum Gasteiger partial charge on any atom is 0.238 e. The predicted octanol–water partition coefficient (Wildman–Crippen LogP) is 1.83. The Bertz CT molecular complexity index is 440. The van der Waals surface area contributed by atoms with Gasteiger partial charge in [0.2, 0.25) is 5.91 Å². The molecule has 1 aromatic carbocycles. The highest BCUT2D eigenvalue weighted by Gasteiger charge is 2.14. The van der Waals surface area contributed by atoms with Gasteiger partial charge in [0.25, 0.3) is 0 Å². The number of nitrogens with zero attached hydrogens (tertiary/aromatic N) is 1. The third-order valence-corrected chi connectivity index (χ3v) is 3.46. The van der Waals surface area contributed by atoms with E-state index in [0.717, 1.165) is 44.0 Å². The summed E-state index contributed by atoms with van der Waals surface area (Å²) < 4.78 is 5.28. The molecule has 0 spiro atoms. The van der Waals surface area contributed by atoms with Crippen LogP contribution in [0.15, 0.2) is 18.2 Å². The van der Waals surface area contributed by atoms with Gasteiger partial charge in [-0.25, -0.2) is 0 Å². The van der Waals surface area contributed by atoms with E-state index >= 15 is 0 Å². The lowest BCUT2D eigenvalue weighted by Gasteiger charge is -2.26. The largest absolute Gasteiger partial charge is 0.379 e. The summed E-state index contributed by atoms with van der Waals surface area (Å²) >= 11 is 0. The number of hydrogen-bond donors (Lipinski definition) is 1. The highest BCUT2D eigenvalue weighted by atomic mass is 16.5. The molecule has 4 nitrogen and oxygen atoms in total. The van der Waals surface area contributed by atoms with Gasteiger partial charge in [-0.3, -0.25) is 9.69 Å². The number of morpholine rings is 1. The minimum atomic E-state index is 0.0539. The number of anilines is 1. The molecule has 0 bridgehead atoms. The molecule has 1 aliphatic heterocycles. The SMILES string of the molecule is CCc1ccc(C)c(NC(=O)CN2CCOCC2)c1. The summed E-state index contributed by atoms with van der Waals surface area (Å²) in [6, 6.07) is 6.22. The van der Waals surface area contributed by atoms with Gasteiger partial charge in [-0.05, 0) is 30.5 Å². The molecule has 104 valence electrons. The Labute approximate surface area is 114 Å². The number of ether oxygens (including phenoxy) is 1. The first-order valence-corrected chi connectivity index (χ1v) is 6.88. The maximum absolute atomic E-state index is 12.0. The molecule has 0 saturated carbocycles. The Kier molecular flexibility index (Phi) is 4.93. The minimum Gasteiger partial charge on any atom is -0.379 e. The van der Waals surface area contributed by atoms with Crippen LogP contribution in [0.5, 0.6) is 0 Å². The summed E-state index contributed by atoms with van der Waals surface area (Å²) in [5, 5.41) is 3.01. The van der Waals surface area contributed by atoms with E-state index in [2.05, 4.69) is 35.3 Å². The number of carbonyl (C=O) groups is 1. The molecule has 0 unspecified atom stereocenters. The van der Waals surface area contributed by atoms with Crippen LogP contribution in [0.3, 0.4) is 0 Å². The van der Waals surface area contributed by atoms with Crippen LogP contribution in [0.4, 0.5) is 5.69 Å². The molecule has 1 aromatic rings. The summed E-state index contributed by atoms with van der Waals surface area (Å²) in [6.45, 7) is 7.69. The van der Waals surface area contributed by atoms with Crippen molar-refractivity contribution in [3.05, 3.63) is 29.3 Å². The van der Waals surface area contributed by atoms with Crippen molar-refractivity contribution in [3.8, 4) is 0 Å². The standard InChI is InChI=1S/C15H22N2O2/c1-3-13-5-4-12(2)14(10-13)16-15(18)11-17-6-8-19-9-7-17/h4-5,10H,3,6-9,11H2,1-2H3,(H,16,18). The lowest BCUT2D eigenvalue weighted by Crippen LogP contribution is -2.41. The lowest BCUT2D eigenvalue weighted by atomic mass is 10.1. The van der Waals surface area contributed by atoms with Crippen molar-refractivity contribution < 1.29 is 9.53 Å². The summed E-state index contributed by atoms with van der Waals surface area (Å²) in [4.78, 5) is 14.2. The van der Waals surface area contributed by atoms with E-state index in [-0.39, 0.29) is 5.91 Å². The second kappa shape index (κ2) is 6.68. The Morgan fingerprint density at radius 3 is 2.79 bits per heavy atom. The van der Waals surface area contributed by atoms with Gasteiger partial charge < -0.3 is 10.1 Å². The van der Waals surface area contributed by atoms with Crippen molar-refractivity contribution in [2.75, 3.05) is 38.2 Å². The summed E-state index contributed by atoms with van der Waals surface area (Å²) in [7, 11) is 0. The number of nitrogens with one attached hydrogen (secondary N) is 1. The van der Waals surface area contributed by atoms with E-state index in [1.54, 1.807) is 0 Å². The van der Waals surface area contributed by atoms with Crippen LogP contribution in [-0.2, 0) is 16.0 Å². The molecule has 1 aliphatic rings. The van der Waals surface area contributed by atoms with Crippen LogP contribution in [0.25, 0.3) is 0 Å². The van der Waals surface area contributed by atoms with Crippen LogP contribution < -0.4 is 5.32 Å². The Morgan fingerprint density at radius 1 is 1.37 bits per heavy atom. The molecule has 2 rings (SSSR count). The fraction of sp³-hybridized carbons (Fsp3) is 0.533. The zero-order valence-electron chi connectivity index (χ0n) is 11.7. The second-order valence-corrected chi connectivity index (χ2v) is 4.94. The number of rotatable bonds is 4. The van der Waals surface area contributed by atoms with E-state index in [0.29, 0.717) is 6.54 Å². The fourth-order valence-electron chi connectivity index (χ4n) is 2.18. The van der Waals surface area contributed by atoms with Crippen molar-refractivity contribution in [1.82, 2.24) is 4.90 Å². The van der Waals surface area contributed by atoms with Crippen molar-refractivity contribution in [2.24, 2.45) is 0 Å². The zero-order chi connectivity index (χ0) is 13.7. The lowest BCUT2D eigenvalue weighted by molar-refractivity contribution is -0.118. The second-order valence-electron chi connectivity index (χ2n) is 4.94. The third kappa shape index (κ3) is 4.04. The van der Waals surface area contributed by atoms with Gasteiger partial charge in [0.15, 0.2) is 0 Å². The number of benzene rings is 1. The molecule has 1 N–H and O–H groups in total. The van der Waals surface area contributed by atoms with Crippen molar-refractivity contribution in [1.29, 1.82) is 0 Å². The van der Waals surface area contributed by atoms with E-state index in [1.165, 1.54) is 5.56 Å². The highest BCUT2D eigenvalue weighted by Crippen LogP contribution is 2.17. The number of aryl methyl sites for hydroxylation is 2. The van der Waals surface area contributed by atoms with Crippen LogP contribution >= 0.6 is 0 Å². The van der Waals surface area contributed by atoms with E-state index < -0.39 is 0 Å². The Morgan fingerprint density at radius 2 is 2.11 bits per heavy atom. The normalized spacial score (nSPS) is 16.3. The molecule has 1 fully saturated rings. The molecule has 1 heterocycles. The first kappa shape index (κ1) is 14.0. The summed E-state index contributed by atoms with van der Waals surface area (Å²) in [5.41, 5.74) is 3.28. The number of carbonyl (C=O) groups excluding carboxylic acids is 1. The maximum atomic E-state index is 12.0.